The highest BCUT2D eigenvalue weighted by Crippen LogP contribution is 2.20. The van der Waals surface area contributed by atoms with Gasteiger partial charge in [-0.3, -0.25) is 9.59 Å². The number of nitrogens with two attached hydrogens (primary N) is 1. The van der Waals surface area contributed by atoms with Crippen molar-refractivity contribution < 1.29 is 9.59 Å². The predicted molar refractivity (Wildman–Crippen MR) is 62.2 cm³/mol. The molecule has 2 amide bonds. The molecule has 0 saturated carbocycles. The Morgan fingerprint density at radius 1 is 1.67 bits per heavy atom. The number of likely N-dealkylation sites (tertiary alicyclic amines) is 1. The first kappa shape index (κ1) is 12.5. The molecule has 2 rings (SSSR count). The lowest BCUT2D eigenvalue weighted by Crippen LogP contribution is -2.29. The van der Waals surface area contributed by atoms with E-state index in [0.29, 0.717) is 5.69 Å². The van der Waals surface area contributed by atoms with Crippen molar-refractivity contribution in [2.75, 3.05) is 20.1 Å². The molecule has 1 aromatic heterocycles. The molecule has 3 N–H and O–H groups in total. The van der Waals surface area contributed by atoms with E-state index in [9.17, 15) is 9.59 Å². The Balaban J connectivity index is 1.98. The number of nitrogens with zero attached hydrogens (tertiary/aromatic N) is 4. The molecule has 0 aliphatic carbocycles. The van der Waals surface area contributed by atoms with Crippen LogP contribution in [0.15, 0.2) is 6.20 Å². The summed E-state index contributed by atoms with van der Waals surface area (Å²) in [5.41, 5.74) is 5.78. The van der Waals surface area contributed by atoms with Crippen LogP contribution in [-0.2, 0) is 16.1 Å². The molecule has 1 atom stereocenters. The van der Waals surface area contributed by atoms with E-state index in [1.165, 1.54) is 0 Å². The second kappa shape index (κ2) is 5.13. The number of likely N-dealkylation sites (N-methyl/N-ethyl adjacent to an activating group) is 1. The minimum Gasteiger partial charge on any atom is -0.349 e. The van der Waals surface area contributed by atoms with E-state index in [2.05, 4.69) is 15.6 Å². The van der Waals surface area contributed by atoms with Gasteiger partial charge in [0.1, 0.15) is 11.7 Å². The summed E-state index contributed by atoms with van der Waals surface area (Å²) in [5, 5.41) is 10.4. The molecule has 18 heavy (non-hydrogen) atoms. The van der Waals surface area contributed by atoms with Gasteiger partial charge in [0.25, 0.3) is 0 Å². The molecular weight excluding hydrogens is 236 g/mol. The van der Waals surface area contributed by atoms with Crippen molar-refractivity contribution >= 4 is 11.8 Å². The Kier molecular flexibility index (Phi) is 3.56. The minimum absolute atomic E-state index is 0.0393. The summed E-state index contributed by atoms with van der Waals surface area (Å²) in [4.78, 5) is 24.4. The normalized spacial score (nSPS) is 19.3. The second-order valence-corrected chi connectivity index (χ2v) is 4.24. The van der Waals surface area contributed by atoms with E-state index in [1.807, 2.05) is 0 Å². The minimum atomic E-state index is -0.276. The van der Waals surface area contributed by atoms with Gasteiger partial charge < -0.3 is 16.0 Å². The van der Waals surface area contributed by atoms with Crippen LogP contribution in [0.1, 0.15) is 18.2 Å². The molecule has 0 spiro atoms. The average molecular weight is 252 g/mol. The smallest absolute Gasteiger partial charge is 0.247 e. The fourth-order valence-corrected chi connectivity index (χ4v) is 1.86. The number of aromatic nitrogens is 3. The van der Waals surface area contributed by atoms with Crippen LogP contribution in [0.25, 0.3) is 0 Å². The molecule has 2 heterocycles. The van der Waals surface area contributed by atoms with Gasteiger partial charge in [0.2, 0.25) is 11.8 Å². The molecule has 0 aromatic carbocycles. The molecular formula is C10H16N6O2. The van der Waals surface area contributed by atoms with Crippen molar-refractivity contribution in [1.29, 1.82) is 0 Å². The van der Waals surface area contributed by atoms with Gasteiger partial charge in [-0.05, 0) is 6.42 Å². The molecule has 1 saturated heterocycles. The quantitative estimate of drug-likeness (QED) is 0.661. The third kappa shape index (κ3) is 2.48. The Labute approximate surface area is 104 Å². The third-order valence-corrected chi connectivity index (χ3v) is 2.93. The average Bonchev–Trinajstić information content (AvgIpc) is 2.95. The van der Waals surface area contributed by atoms with Gasteiger partial charge in [-0.2, -0.15) is 0 Å². The van der Waals surface area contributed by atoms with E-state index in [1.54, 1.807) is 22.8 Å². The molecule has 1 aliphatic rings. The fourth-order valence-electron chi connectivity index (χ4n) is 1.86. The first-order valence-corrected chi connectivity index (χ1v) is 5.74. The van der Waals surface area contributed by atoms with Gasteiger partial charge in [-0.1, -0.05) is 5.21 Å². The van der Waals surface area contributed by atoms with E-state index in [0.717, 1.165) is 13.0 Å². The van der Waals surface area contributed by atoms with Crippen LogP contribution in [0.3, 0.4) is 0 Å². The number of nitrogens with one attached hydrogen (secondary N) is 1. The van der Waals surface area contributed by atoms with Crippen LogP contribution in [0, 0.1) is 0 Å². The second-order valence-electron chi connectivity index (χ2n) is 4.24. The lowest BCUT2D eigenvalue weighted by Gasteiger charge is -2.09. The van der Waals surface area contributed by atoms with Gasteiger partial charge >= 0.3 is 0 Å². The van der Waals surface area contributed by atoms with Crippen molar-refractivity contribution in [2.24, 2.45) is 5.73 Å². The molecule has 1 unspecified atom stereocenters. The Hall–Kier alpha value is -1.96. The molecule has 1 aliphatic heterocycles. The fraction of sp³-hybridized carbons (Fsp3) is 0.600. The first-order chi connectivity index (χ1) is 8.61. The largest absolute Gasteiger partial charge is 0.349 e. The Morgan fingerprint density at radius 2 is 2.44 bits per heavy atom. The molecule has 8 heteroatoms. The van der Waals surface area contributed by atoms with Gasteiger partial charge in [0.15, 0.2) is 0 Å². The van der Waals surface area contributed by atoms with Gasteiger partial charge in [0, 0.05) is 13.6 Å². The molecule has 0 bridgehead atoms. The van der Waals surface area contributed by atoms with Crippen molar-refractivity contribution in [1.82, 2.24) is 25.2 Å². The lowest BCUT2D eigenvalue weighted by molar-refractivity contribution is -0.129. The highest BCUT2D eigenvalue weighted by molar-refractivity contribution is 5.82. The highest BCUT2D eigenvalue weighted by Gasteiger charge is 2.31. The number of rotatable bonds is 4. The molecule has 8 nitrogen and oxygen atoms in total. The van der Waals surface area contributed by atoms with Crippen LogP contribution in [-0.4, -0.2) is 51.8 Å². The number of hydrogen-bond acceptors (Lipinski definition) is 5. The topological polar surface area (TPSA) is 106 Å². The molecule has 0 radical (unpaired) electrons. The van der Waals surface area contributed by atoms with Gasteiger partial charge in [-0.25, -0.2) is 4.68 Å². The van der Waals surface area contributed by atoms with Crippen molar-refractivity contribution in [3.05, 3.63) is 11.9 Å². The summed E-state index contributed by atoms with van der Waals surface area (Å²) in [6, 6.07) is -0.276. The van der Waals surface area contributed by atoms with E-state index in [4.69, 9.17) is 5.73 Å². The summed E-state index contributed by atoms with van der Waals surface area (Å²) >= 11 is 0. The van der Waals surface area contributed by atoms with Crippen LogP contribution in [0.4, 0.5) is 0 Å². The number of carbonyl (C=O) groups excluding carboxylic acids is 2. The van der Waals surface area contributed by atoms with E-state index >= 15 is 0 Å². The molecule has 1 aromatic rings. The maximum Gasteiger partial charge on any atom is 0.247 e. The zero-order valence-electron chi connectivity index (χ0n) is 10.2. The summed E-state index contributed by atoms with van der Waals surface area (Å²) < 4.78 is 1.55. The lowest BCUT2D eigenvalue weighted by atomic mass is 10.2. The number of carbonyl (C=O) groups is 2. The number of amides is 2. The maximum absolute atomic E-state index is 11.8. The van der Waals surface area contributed by atoms with Crippen molar-refractivity contribution in [2.45, 2.75) is 19.0 Å². The zero-order chi connectivity index (χ0) is 13.1. The monoisotopic (exact) mass is 252 g/mol. The standard InChI is InChI=1S/C10H16N6O2/c1-15-3-2-8(10(15)18)16-6-7(13-14-16)5-12-9(17)4-11/h6,8H,2-5,11H2,1H3,(H,12,17). The maximum atomic E-state index is 11.8. The van der Waals surface area contributed by atoms with Gasteiger partial charge in [-0.15, -0.1) is 5.10 Å². The Morgan fingerprint density at radius 3 is 3.06 bits per heavy atom. The summed E-state index contributed by atoms with van der Waals surface area (Å²) in [5.74, 6) is -0.210. The Bertz CT molecular complexity index is 457. The van der Waals surface area contributed by atoms with Crippen molar-refractivity contribution in [3.8, 4) is 0 Å². The van der Waals surface area contributed by atoms with E-state index in [-0.39, 0.29) is 30.9 Å². The summed E-state index contributed by atoms with van der Waals surface area (Å²) in [6.45, 7) is 0.940. The van der Waals surface area contributed by atoms with Crippen molar-refractivity contribution in [3.63, 3.8) is 0 Å². The predicted octanol–water partition coefficient (Wildman–Crippen LogP) is -1.74. The zero-order valence-corrected chi connectivity index (χ0v) is 10.2. The SMILES string of the molecule is CN1CCC(n2cc(CNC(=O)CN)nn2)C1=O. The van der Waals surface area contributed by atoms with Crippen LogP contribution >= 0.6 is 0 Å². The first-order valence-electron chi connectivity index (χ1n) is 5.74. The van der Waals surface area contributed by atoms with Crippen LogP contribution < -0.4 is 11.1 Å². The van der Waals surface area contributed by atoms with Gasteiger partial charge in [0.05, 0.1) is 19.3 Å². The summed E-state index contributed by atoms with van der Waals surface area (Å²) in [7, 11) is 1.77. The van der Waals surface area contributed by atoms with E-state index < -0.39 is 0 Å². The van der Waals surface area contributed by atoms with Crippen LogP contribution in [0.5, 0.6) is 0 Å². The number of hydrogen-bond donors (Lipinski definition) is 2. The molecule has 1 fully saturated rings. The van der Waals surface area contributed by atoms with Crippen LogP contribution in [0.2, 0.25) is 0 Å². The molecule has 98 valence electrons. The highest BCUT2D eigenvalue weighted by atomic mass is 16.2. The third-order valence-electron chi connectivity index (χ3n) is 2.93. The summed E-state index contributed by atoms with van der Waals surface area (Å²) in [6.07, 6.45) is 2.41.